The molecule has 1 saturated heterocycles. The molecular weight excluding hydrogens is 1140 g/mol. The number of ether oxygens (including phenoxy) is 2. The minimum Gasteiger partial charge on any atom is -0.396 e. The van der Waals surface area contributed by atoms with E-state index in [0.717, 1.165) is 11.1 Å². The zero-order valence-corrected chi connectivity index (χ0v) is 57.4. The largest absolute Gasteiger partial charge is 0.396 e. The molecule has 2 aliphatic heterocycles. The molecule has 0 aliphatic carbocycles. The normalized spacial score (nSPS) is 16.1. The zero-order valence-electron chi connectivity index (χ0n) is 57.4. The van der Waals surface area contributed by atoms with Gasteiger partial charge in [-0.25, -0.2) is 0 Å². The van der Waals surface area contributed by atoms with Crippen molar-refractivity contribution in [2.24, 2.45) is 23.7 Å². The molecule has 5 N–H and O–H groups in total. The number of carbonyl (C=O) groups is 9. The minimum absolute atomic E-state index is 0.0254. The molecule has 0 bridgehead atoms. The number of carbonyl (C=O) groups excluding carboxylic acids is 9. The summed E-state index contributed by atoms with van der Waals surface area (Å²) in [6.45, 7) is 26.3. The minimum atomic E-state index is -0.994. The second-order valence-electron chi connectivity index (χ2n) is 23.1. The van der Waals surface area contributed by atoms with E-state index in [9.17, 15) is 48.3 Å². The quantitative estimate of drug-likeness (QED) is 0.0316. The summed E-state index contributed by atoms with van der Waals surface area (Å²) in [5.41, 5.74) is 2.12. The van der Waals surface area contributed by atoms with Gasteiger partial charge < -0.3 is 50.5 Å². The third kappa shape index (κ3) is 27.0. The highest BCUT2D eigenvalue weighted by Crippen LogP contribution is 2.30. The van der Waals surface area contributed by atoms with Crippen molar-refractivity contribution in [3.8, 4) is 0 Å². The van der Waals surface area contributed by atoms with Crippen molar-refractivity contribution in [1.29, 1.82) is 0 Å². The number of nitrogens with zero attached hydrogens (tertiary/aromatic N) is 4. The van der Waals surface area contributed by atoms with Gasteiger partial charge in [-0.1, -0.05) is 157 Å². The first-order chi connectivity index (χ1) is 43.1. The van der Waals surface area contributed by atoms with E-state index >= 15 is 0 Å². The lowest BCUT2D eigenvalue weighted by Gasteiger charge is -2.39. The van der Waals surface area contributed by atoms with Crippen LogP contribution in [0.1, 0.15) is 185 Å². The number of methoxy groups -OCH3 is 2. The lowest BCUT2D eigenvalue weighted by atomic mass is 9.88. The van der Waals surface area contributed by atoms with Crippen LogP contribution in [0.4, 0.5) is 5.69 Å². The van der Waals surface area contributed by atoms with Crippen LogP contribution in [0.15, 0.2) is 79.0 Å². The molecule has 20 heteroatoms. The van der Waals surface area contributed by atoms with Gasteiger partial charge in [0.05, 0.1) is 43.2 Å². The molecule has 2 aliphatic rings. The summed E-state index contributed by atoms with van der Waals surface area (Å²) in [4.78, 5) is 127. The van der Waals surface area contributed by atoms with Crippen LogP contribution < -0.4 is 21.3 Å². The number of imide groups is 1. The molecule has 2 heterocycles. The molecule has 506 valence electrons. The molecule has 0 radical (unpaired) electrons. The van der Waals surface area contributed by atoms with E-state index in [1.165, 1.54) is 47.5 Å². The average Bonchev–Trinajstić information content (AvgIpc) is 1.73. The summed E-state index contributed by atoms with van der Waals surface area (Å²) in [6.07, 6.45) is 11.8. The maximum absolute atomic E-state index is 14.6. The summed E-state index contributed by atoms with van der Waals surface area (Å²) < 4.78 is 12.1. The standard InChI is InChI=1S/C63H94N8O12.C3H8.2C2H6/c1-11-34-71(53(74)27-19-15-21-37-72)59(44(6)42(3)4)63(81)65-41-57(78)68(8)58(43(5)12-2)51(82-9)39-56(77)69-36-22-25-50(69)60(83-10)45(7)61(79)67-49(38-46-23-16-13-17-24-46)62(80)66-48-30-28-47(29-31-48)40-64-52(73)26-18-14-20-35-70-54(75)32-33-55(70)76;1-3-2;2*1-2/h11,13,16-17,23-24,28-34,42-45,49-51,58-60,72H,12,14-15,18-22,25-27,35-41H2,1-10H3,(H,64,73)(H,65,81)(H,66,80)(H,67,79);3H2,1-2H3;2*1-2H3/t43?,44?,45?,49-,50?,51?,58?,59?,60?;;;/m0.../s1. The van der Waals surface area contributed by atoms with Gasteiger partial charge in [0.25, 0.3) is 11.8 Å². The highest BCUT2D eigenvalue weighted by molar-refractivity contribution is 6.12. The SMILES string of the molecule is CC.CC.CC=CN(C(=O)CCCCCO)C(C(=O)NCC(=O)N(C)C(C(C)CC)C(CC(=O)N1CCCC1C(OC)C(C)C(=O)N[C@@H](Cc1ccccc1)C(=O)Nc1ccc(CNC(=O)CCCCCN2C(=O)C=CC2=O)cc1)OC)C(C)C(C)C.CCC. The van der Waals surface area contributed by atoms with Crippen molar-refractivity contribution in [2.45, 2.75) is 223 Å². The van der Waals surface area contributed by atoms with E-state index in [0.29, 0.717) is 83.0 Å². The fourth-order valence-corrected chi connectivity index (χ4v) is 10.9. The summed E-state index contributed by atoms with van der Waals surface area (Å²) in [7, 11) is 4.65. The van der Waals surface area contributed by atoms with Gasteiger partial charge in [-0.15, -0.1) is 0 Å². The highest BCUT2D eigenvalue weighted by atomic mass is 16.5. The van der Waals surface area contributed by atoms with Crippen molar-refractivity contribution in [3.05, 3.63) is 90.2 Å². The first kappa shape index (κ1) is 81.2. The number of allylic oxidation sites excluding steroid dienone is 1. The molecule has 8 unspecified atom stereocenters. The van der Waals surface area contributed by atoms with Gasteiger partial charge in [0.15, 0.2) is 0 Å². The van der Waals surface area contributed by atoms with Crippen LogP contribution in [0.25, 0.3) is 0 Å². The molecule has 4 rings (SSSR count). The van der Waals surface area contributed by atoms with Crippen LogP contribution >= 0.6 is 0 Å². The van der Waals surface area contributed by atoms with Gasteiger partial charge in [0.2, 0.25) is 41.4 Å². The molecule has 20 nitrogen and oxygen atoms in total. The van der Waals surface area contributed by atoms with E-state index in [1.54, 1.807) is 62.3 Å². The molecule has 1 fully saturated rings. The molecule has 0 saturated carbocycles. The van der Waals surface area contributed by atoms with Crippen molar-refractivity contribution in [3.63, 3.8) is 0 Å². The number of amides is 9. The number of aliphatic hydroxyl groups is 1. The molecule has 9 amide bonds. The number of benzene rings is 2. The number of hydrogen-bond acceptors (Lipinski definition) is 12. The Bertz CT molecular complexity index is 2510. The van der Waals surface area contributed by atoms with Crippen LogP contribution in [0.5, 0.6) is 0 Å². The summed E-state index contributed by atoms with van der Waals surface area (Å²) >= 11 is 0. The van der Waals surface area contributed by atoms with Gasteiger partial charge in [-0.05, 0) is 86.5 Å². The summed E-state index contributed by atoms with van der Waals surface area (Å²) in [6, 6.07) is 13.4. The average molecular weight is 1260 g/mol. The van der Waals surface area contributed by atoms with Crippen molar-refractivity contribution >= 4 is 58.9 Å². The van der Waals surface area contributed by atoms with E-state index in [4.69, 9.17) is 9.47 Å². The summed E-state index contributed by atoms with van der Waals surface area (Å²) in [5, 5.41) is 20.9. The molecule has 9 atom stereocenters. The van der Waals surface area contributed by atoms with Gasteiger partial charge in [0.1, 0.15) is 12.1 Å². The highest BCUT2D eigenvalue weighted by Gasteiger charge is 2.43. The number of hydrogen-bond donors (Lipinski definition) is 5. The number of unbranched alkanes of at least 4 members (excludes halogenated alkanes) is 4. The van der Waals surface area contributed by atoms with E-state index < -0.39 is 65.9 Å². The van der Waals surface area contributed by atoms with Crippen LogP contribution in [-0.2, 0) is 65.6 Å². The molecule has 2 aromatic carbocycles. The fraction of sp³-hybridized carbons (Fsp3) is 0.643. The maximum Gasteiger partial charge on any atom is 0.253 e. The van der Waals surface area contributed by atoms with Crippen molar-refractivity contribution in [1.82, 2.24) is 35.6 Å². The predicted molar refractivity (Wildman–Crippen MR) is 356 cm³/mol. The van der Waals surface area contributed by atoms with Crippen LogP contribution in [-0.4, -0.2) is 162 Å². The number of rotatable bonds is 36. The summed E-state index contributed by atoms with van der Waals surface area (Å²) in [5.74, 6) is -4.14. The van der Waals surface area contributed by atoms with Crippen LogP contribution in [0.2, 0.25) is 0 Å². The van der Waals surface area contributed by atoms with Gasteiger partial charge in [0, 0.05) is 90.8 Å². The smallest absolute Gasteiger partial charge is 0.253 e. The van der Waals surface area contributed by atoms with Crippen LogP contribution in [0, 0.1) is 23.7 Å². The number of likely N-dealkylation sites (N-methyl/N-ethyl adjacent to an activating group) is 1. The first-order valence-electron chi connectivity index (χ1n) is 33.1. The molecule has 2 aromatic rings. The lowest BCUT2D eigenvalue weighted by Crippen LogP contribution is -2.56. The predicted octanol–water partition coefficient (Wildman–Crippen LogP) is 9.54. The van der Waals surface area contributed by atoms with E-state index in [2.05, 4.69) is 35.1 Å². The maximum atomic E-state index is 14.6. The Hall–Kier alpha value is -6.77. The third-order valence-electron chi connectivity index (χ3n) is 16.3. The molecule has 90 heavy (non-hydrogen) atoms. The van der Waals surface area contributed by atoms with E-state index in [-0.39, 0.29) is 86.2 Å². The lowest BCUT2D eigenvalue weighted by molar-refractivity contribution is -0.146. The van der Waals surface area contributed by atoms with Crippen LogP contribution in [0.3, 0.4) is 0 Å². The molecule has 0 spiro atoms. The fourth-order valence-electron chi connectivity index (χ4n) is 10.9. The Labute approximate surface area is 539 Å². The van der Waals surface area contributed by atoms with Crippen molar-refractivity contribution in [2.75, 3.05) is 52.8 Å². The van der Waals surface area contributed by atoms with Gasteiger partial charge in [-0.3, -0.25) is 48.1 Å². The number of likely N-dealkylation sites (tertiary alicyclic amines) is 1. The number of anilines is 1. The monoisotopic (exact) mass is 1260 g/mol. The van der Waals surface area contributed by atoms with Gasteiger partial charge in [-0.2, -0.15) is 0 Å². The Morgan fingerprint density at radius 1 is 0.744 bits per heavy atom. The second kappa shape index (κ2) is 45.5. The number of aliphatic hydroxyl groups excluding tert-OH is 1. The Balaban J connectivity index is 0.00000555. The Morgan fingerprint density at radius 3 is 1.92 bits per heavy atom. The number of nitrogens with one attached hydrogen (secondary N) is 4. The molecular formula is C70H114N8O12. The van der Waals surface area contributed by atoms with Crippen molar-refractivity contribution < 1.29 is 57.7 Å². The zero-order chi connectivity index (χ0) is 67.9. The van der Waals surface area contributed by atoms with Gasteiger partial charge >= 0.3 is 0 Å². The second-order valence-corrected chi connectivity index (χ2v) is 23.1. The Kier molecular flexibility index (Phi) is 41.1. The topological polar surface area (TPSA) is 253 Å². The first-order valence-corrected chi connectivity index (χ1v) is 33.1. The third-order valence-corrected chi connectivity index (χ3v) is 16.3. The molecule has 0 aromatic heterocycles. The van der Waals surface area contributed by atoms with E-state index in [1.807, 2.05) is 92.6 Å². The Morgan fingerprint density at radius 2 is 1.36 bits per heavy atom.